The first-order chi connectivity index (χ1) is 8.51. The molecule has 7 heteroatoms. The van der Waals surface area contributed by atoms with Crippen LogP contribution in [0.1, 0.15) is 31.7 Å². The fourth-order valence-electron chi connectivity index (χ4n) is 2.56. The third-order valence-corrected chi connectivity index (χ3v) is 3.62. The number of nitrogens with zero attached hydrogens (tertiary/aromatic N) is 3. The molecule has 1 aromatic rings. The molecule has 0 radical (unpaired) electrons. The van der Waals surface area contributed by atoms with Gasteiger partial charge in [0.2, 0.25) is 5.91 Å². The Bertz CT molecular complexity index is 430. The molecule has 1 saturated heterocycles. The number of piperidine rings is 1. The monoisotopic (exact) mass is 322 g/mol. The first kappa shape index (κ1) is 19.2. The quantitative estimate of drug-likeness (QED) is 0.922. The van der Waals surface area contributed by atoms with E-state index in [1.165, 1.54) is 0 Å². The second kappa shape index (κ2) is 7.86. The van der Waals surface area contributed by atoms with Gasteiger partial charge in [0.1, 0.15) is 0 Å². The zero-order chi connectivity index (χ0) is 13.2. The van der Waals surface area contributed by atoms with E-state index in [-0.39, 0.29) is 30.7 Å². The average Bonchev–Trinajstić information content (AvgIpc) is 2.74. The summed E-state index contributed by atoms with van der Waals surface area (Å²) in [5.41, 5.74) is 0.669. The minimum absolute atomic E-state index is 0. The van der Waals surface area contributed by atoms with Gasteiger partial charge in [-0.3, -0.25) is 9.48 Å². The molecule has 5 nitrogen and oxygen atoms in total. The predicted molar refractivity (Wildman–Crippen MR) is 84.4 cm³/mol. The van der Waals surface area contributed by atoms with Crippen LogP contribution < -0.4 is 5.32 Å². The number of carbonyl (C=O) groups excluding carboxylic acids is 1. The third-order valence-electron chi connectivity index (χ3n) is 3.62. The van der Waals surface area contributed by atoms with Gasteiger partial charge in [-0.15, -0.1) is 24.8 Å². The maximum absolute atomic E-state index is 12.5. The summed E-state index contributed by atoms with van der Waals surface area (Å²) in [6.45, 7) is 3.56. The van der Waals surface area contributed by atoms with Gasteiger partial charge in [0.25, 0.3) is 0 Å². The molecule has 0 saturated carbocycles. The van der Waals surface area contributed by atoms with Gasteiger partial charge >= 0.3 is 0 Å². The number of rotatable bonds is 3. The molecule has 2 heterocycles. The third kappa shape index (κ3) is 4.36. The first-order valence-corrected chi connectivity index (χ1v) is 6.49. The van der Waals surface area contributed by atoms with Crippen molar-refractivity contribution < 1.29 is 4.79 Å². The topological polar surface area (TPSA) is 50.2 Å². The van der Waals surface area contributed by atoms with E-state index in [0.717, 1.165) is 31.4 Å². The summed E-state index contributed by atoms with van der Waals surface area (Å²) in [5.74, 6) is 0.172. The van der Waals surface area contributed by atoms with Gasteiger partial charge in [0.05, 0.1) is 11.7 Å². The molecule has 1 atom stereocenters. The second-order valence-electron chi connectivity index (χ2n) is 5.40. The minimum Gasteiger partial charge on any atom is -0.340 e. The Hall–Kier alpha value is -0.780. The zero-order valence-electron chi connectivity index (χ0n) is 12.3. The predicted octanol–water partition coefficient (Wildman–Crippen LogP) is 1.75. The number of hydrogen-bond donors (Lipinski definition) is 1. The minimum atomic E-state index is -0.394. The fourth-order valence-corrected chi connectivity index (χ4v) is 2.56. The molecule has 1 amide bonds. The van der Waals surface area contributed by atoms with E-state index >= 15 is 0 Å². The van der Waals surface area contributed by atoms with Crippen molar-refractivity contribution in [2.24, 2.45) is 7.05 Å². The summed E-state index contributed by atoms with van der Waals surface area (Å²) < 4.78 is 1.76. The highest BCUT2D eigenvalue weighted by Crippen LogP contribution is 2.21. The van der Waals surface area contributed by atoms with Gasteiger partial charge in [0.15, 0.2) is 0 Å². The van der Waals surface area contributed by atoms with Crippen LogP contribution >= 0.6 is 24.8 Å². The summed E-state index contributed by atoms with van der Waals surface area (Å²) in [5, 5.41) is 7.48. The second-order valence-corrected chi connectivity index (χ2v) is 5.40. The van der Waals surface area contributed by atoms with E-state index in [2.05, 4.69) is 10.4 Å². The number of likely N-dealkylation sites (N-methyl/N-ethyl adjacent to an activating group) is 1. The Morgan fingerprint density at radius 1 is 1.50 bits per heavy atom. The number of aryl methyl sites for hydroxylation is 1. The van der Waals surface area contributed by atoms with Crippen LogP contribution in [0.15, 0.2) is 12.4 Å². The highest BCUT2D eigenvalue weighted by Gasteiger charge is 2.36. The summed E-state index contributed by atoms with van der Waals surface area (Å²) in [4.78, 5) is 14.3. The molecule has 0 aromatic carbocycles. The number of aromatic nitrogens is 2. The van der Waals surface area contributed by atoms with Crippen molar-refractivity contribution in [1.29, 1.82) is 0 Å². The lowest BCUT2D eigenvalue weighted by Crippen LogP contribution is -2.57. The number of hydrogen-bond acceptors (Lipinski definition) is 3. The number of amides is 1. The van der Waals surface area contributed by atoms with Crippen molar-refractivity contribution >= 4 is 30.7 Å². The molecule has 0 spiro atoms. The number of halogens is 2. The van der Waals surface area contributed by atoms with E-state index < -0.39 is 5.54 Å². The van der Waals surface area contributed by atoms with Crippen molar-refractivity contribution in [2.75, 3.05) is 13.6 Å². The lowest BCUT2D eigenvalue weighted by Gasteiger charge is -2.36. The lowest BCUT2D eigenvalue weighted by molar-refractivity contribution is -0.137. The molecule has 2 rings (SSSR count). The molecule has 1 aliphatic heterocycles. The van der Waals surface area contributed by atoms with Crippen LogP contribution in [0.25, 0.3) is 0 Å². The van der Waals surface area contributed by atoms with Crippen LogP contribution in [0.2, 0.25) is 0 Å². The summed E-state index contributed by atoms with van der Waals surface area (Å²) in [6, 6.07) is 0. The van der Waals surface area contributed by atoms with E-state index in [1.807, 2.05) is 27.2 Å². The molecular formula is C13H24Cl2N4O. The van der Waals surface area contributed by atoms with Gasteiger partial charge in [-0.05, 0) is 32.7 Å². The van der Waals surface area contributed by atoms with Crippen molar-refractivity contribution in [2.45, 2.75) is 38.3 Å². The highest BCUT2D eigenvalue weighted by atomic mass is 35.5. The van der Waals surface area contributed by atoms with Crippen molar-refractivity contribution in [3.63, 3.8) is 0 Å². The molecule has 1 fully saturated rings. The molecule has 20 heavy (non-hydrogen) atoms. The number of nitrogens with one attached hydrogen (secondary N) is 1. The molecule has 1 aromatic heterocycles. The molecule has 116 valence electrons. The Morgan fingerprint density at radius 2 is 2.20 bits per heavy atom. The molecule has 1 N–H and O–H groups in total. The summed E-state index contributed by atoms with van der Waals surface area (Å²) in [6.07, 6.45) is 6.95. The smallest absolute Gasteiger partial charge is 0.242 e. The van der Waals surface area contributed by atoms with Crippen molar-refractivity contribution in [1.82, 2.24) is 20.0 Å². The van der Waals surface area contributed by atoms with Crippen molar-refractivity contribution in [3.05, 3.63) is 18.0 Å². The van der Waals surface area contributed by atoms with Crippen LogP contribution in [0.3, 0.4) is 0 Å². The van der Waals surface area contributed by atoms with Crippen LogP contribution in [0.4, 0.5) is 0 Å². The summed E-state index contributed by atoms with van der Waals surface area (Å²) >= 11 is 0. The zero-order valence-corrected chi connectivity index (χ0v) is 13.9. The standard InChI is InChI=1S/C13H22N4O.2ClH/c1-13(6-4-5-7-14-13)12(18)16(2)9-11-8-15-17(3)10-11;;/h8,10,14H,4-7,9H2,1-3H3;2*1H. The average molecular weight is 323 g/mol. The van der Waals surface area contributed by atoms with Gasteiger partial charge in [-0.2, -0.15) is 5.10 Å². The van der Waals surface area contributed by atoms with Gasteiger partial charge in [0, 0.05) is 32.4 Å². The Balaban J connectivity index is 0.00000180. The van der Waals surface area contributed by atoms with E-state index in [1.54, 1.807) is 15.8 Å². The van der Waals surface area contributed by atoms with Gasteiger partial charge in [-0.1, -0.05) is 0 Å². The first-order valence-electron chi connectivity index (χ1n) is 6.49. The molecule has 1 aliphatic rings. The Labute approximate surface area is 132 Å². The summed E-state index contributed by atoms with van der Waals surface area (Å²) in [7, 11) is 3.74. The maximum atomic E-state index is 12.5. The van der Waals surface area contributed by atoms with Crippen molar-refractivity contribution in [3.8, 4) is 0 Å². The van der Waals surface area contributed by atoms with Crippen LogP contribution in [-0.2, 0) is 18.4 Å². The van der Waals surface area contributed by atoms with E-state index in [9.17, 15) is 4.79 Å². The van der Waals surface area contributed by atoms with Crippen LogP contribution in [0, 0.1) is 0 Å². The molecule has 0 bridgehead atoms. The van der Waals surface area contributed by atoms with Crippen LogP contribution in [0.5, 0.6) is 0 Å². The fraction of sp³-hybridized carbons (Fsp3) is 0.692. The normalized spacial score (nSPS) is 21.6. The molecular weight excluding hydrogens is 299 g/mol. The van der Waals surface area contributed by atoms with E-state index in [0.29, 0.717) is 6.54 Å². The molecule has 0 aliphatic carbocycles. The molecule has 1 unspecified atom stereocenters. The highest BCUT2D eigenvalue weighted by molar-refractivity contribution is 5.86. The van der Waals surface area contributed by atoms with Gasteiger partial charge in [-0.25, -0.2) is 0 Å². The Morgan fingerprint density at radius 3 is 2.70 bits per heavy atom. The number of carbonyl (C=O) groups is 1. The Kier molecular flexibility index (Phi) is 7.55. The van der Waals surface area contributed by atoms with E-state index in [4.69, 9.17) is 0 Å². The maximum Gasteiger partial charge on any atom is 0.242 e. The largest absolute Gasteiger partial charge is 0.340 e. The van der Waals surface area contributed by atoms with Gasteiger partial charge < -0.3 is 10.2 Å². The van der Waals surface area contributed by atoms with Crippen LogP contribution in [-0.4, -0.2) is 39.7 Å². The lowest BCUT2D eigenvalue weighted by atomic mass is 9.89. The SMILES string of the molecule is CN(Cc1cnn(C)c1)C(=O)C1(C)CCCCN1.Cl.Cl.